The fraction of sp³-hybridized carbons (Fsp3) is 0.385. The minimum absolute atomic E-state index is 0.160. The standard InChI is InChI=1S/C13H13BrO3/c1-2-7-15-11-6-4-3-5-10(11)12-13(14)17-9-8-16-12/h1,3-6,12-13H,7-9H2/t12-,13+/m1/s1. The predicted molar refractivity (Wildman–Crippen MR) is 68.1 cm³/mol. The van der Waals surface area contributed by atoms with Crippen LogP contribution >= 0.6 is 15.9 Å². The molecule has 1 heterocycles. The first kappa shape index (κ1) is 12.4. The van der Waals surface area contributed by atoms with Gasteiger partial charge in [-0.25, -0.2) is 0 Å². The average Bonchev–Trinajstić information content (AvgIpc) is 2.37. The molecule has 0 unspecified atom stereocenters. The number of terminal acetylenes is 1. The normalized spacial score (nSPS) is 24.0. The third-order valence-corrected chi connectivity index (χ3v) is 3.18. The molecule has 1 aliphatic heterocycles. The number of ether oxygens (including phenoxy) is 3. The molecule has 0 bridgehead atoms. The van der Waals surface area contributed by atoms with Gasteiger partial charge < -0.3 is 14.2 Å². The number of benzene rings is 1. The van der Waals surface area contributed by atoms with Gasteiger partial charge in [-0.15, -0.1) is 6.42 Å². The predicted octanol–water partition coefficient (Wildman–Crippen LogP) is 2.51. The molecule has 1 fully saturated rings. The molecule has 0 aromatic heterocycles. The second kappa shape index (κ2) is 6.06. The summed E-state index contributed by atoms with van der Waals surface area (Å²) in [5, 5.41) is -0.160. The zero-order valence-electron chi connectivity index (χ0n) is 9.27. The first-order chi connectivity index (χ1) is 8.33. The lowest BCUT2D eigenvalue weighted by Gasteiger charge is -2.29. The van der Waals surface area contributed by atoms with Crippen molar-refractivity contribution in [2.24, 2.45) is 0 Å². The molecular formula is C13H13BrO3. The van der Waals surface area contributed by atoms with Crippen molar-refractivity contribution in [3.63, 3.8) is 0 Å². The van der Waals surface area contributed by atoms with Gasteiger partial charge in [0.05, 0.1) is 13.2 Å². The van der Waals surface area contributed by atoms with Crippen LogP contribution in [0.5, 0.6) is 5.75 Å². The van der Waals surface area contributed by atoms with E-state index in [2.05, 4.69) is 21.9 Å². The molecule has 0 aliphatic carbocycles. The van der Waals surface area contributed by atoms with Crippen LogP contribution in [0.25, 0.3) is 0 Å². The summed E-state index contributed by atoms with van der Waals surface area (Å²) in [6, 6.07) is 7.68. The Morgan fingerprint density at radius 1 is 1.35 bits per heavy atom. The third-order valence-electron chi connectivity index (χ3n) is 2.43. The van der Waals surface area contributed by atoms with Crippen LogP contribution in [0, 0.1) is 12.3 Å². The lowest BCUT2D eigenvalue weighted by molar-refractivity contribution is -0.104. The second-order valence-corrected chi connectivity index (χ2v) is 4.45. The molecule has 2 rings (SSSR count). The van der Waals surface area contributed by atoms with Crippen molar-refractivity contribution in [1.82, 2.24) is 0 Å². The van der Waals surface area contributed by atoms with E-state index in [0.717, 1.165) is 11.3 Å². The van der Waals surface area contributed by atoms with Crippen molar-refractivity contribution in [1.29, 1.82) is 0 Å². The molecule has 17 heavy (non-hydrogen) atoms. The average molecular weight is 297 g/mol. The maximum Gasteiger partial charge on any atom is 0.148 e. The van der Waals surface area contributed by atoms with Crippen LogP contribution < -0.4 is 4.74 Å². The number of hydrogen-bond donors (Lipinski definition) is 0. The number of hydrogen-bond acceptors (Lipinski definition) is 3. The Bertz CT molecular complexity index is 413. The van der Waals surface area contributed by atoms with Crippen molar-refractivity contribution in [2.75, 3.05) is 19.8 Å². The van der Waals surface area contributed by atoms with Crippen molar-refractivity contribution in [3.8, 4) is 18.1 Å². The molecule has 0 spiro atoms. The quantitative estimate of drug-likeness (QED) is 0.634. The van der Waals surface area contributed by atoms with Crippen LogP contribution in [0.4, 0.5) is 0 Å². The smallest absolute Gasteiger partial charge is 0.148 e. The molecule has 1 aromatic rings. The molecule has 1 aliphatic rings. The summed E-state index contributed by atoms with van der Waals surface area (Å²) in [6.45, 7) is 1.42. The highest BCUT2D eigenvalue weighted by molar-refractivity contribution is 9.09. The van der Waals surface area contributed by atoms with E-state index in [-0.39, 0.29) is 17.7 Å². The van der Waals surface area contributed by atoms with Gasteiger partial charge >= 0.3 is 0 Å². The molecule has 4 heteroatoms. The molecule has 0 N–H and O–H groups in total. The van der Waals surface area contributed by atoms with Gasteiger partial charge in [-0.1, -0.05) is 40.0 Å². The van der Waals surface area contributed by atoms with Crippen LogP contribution in [0.2, 0.25) is 0 Å². The van der Waals surface area contributed by atoms with Gasteiger partial charge in [0, 0.05) is 5.56 Å². The third kappa shape index (κ3) is 3.01. The van der Waals surface area contributed by atoms with Crippen LogP contribution in [-0.4, -0.2) is 24.8 Å². The lowest BCUT2D eigenvalue weighted by Crippen LogP contribution is -2.28. The topological polar surface area (TPSA) is 27.7 Å². The molecular weight excluding hydrogens is 284 g/mol. The Kier molecular flexibility index (Phi) is 4.43. The summed E-state index contributed by atoms with van der Waals surface area (Å²) in [5.41, 5.74) is 0.948. The monoisotopic (exact) mass is 296 g/mol. The Morgan fingerprint density at radius 2 is 2.12 bits per heavy atom. The van der Waals surface area contributed by atoms with Crippen LogP contribution in [0.1, 0.15) is 11.7 Å². The molecule has 1 aromatic carbocycles. The number of halogens is 1. The van der Waals surface area contributed by atoms with Gasteiger partial charge in [-0.05, 0) is 6.07 Å². The van der Waals surface area contributed by atoms with Crippen molar-refractivity contribution >= 4 is 15.9 Å². The summed E-state index contributed by atoms with van der Waals surface area (Å²) < 4.78 is 16.7. The molecule has 1 saturated heterocycles. The first-order valence-corrected chi connectivity index (χ1v) is 6.27. The van der Waals surface area contributed by atoms with Gasteiger partial charge in [0.2, 0.25) is 0 Å². The van der Waals surface area contributed by atoms with Gasteiger partial charge in [-0.3, -0.25) is 0 Å². The molecule has 3 nitrogen and oxygen atoms in total. The van der Waals surface area contributed by atoms with E-state index in [4.69, 9.17) is 20.6 Å². The maximum atomic E-state index is 5.69. The van der Waals surface area contributed by atoms with E-state index in [1.165, 1.54) is 0 Å². The maximum absolute atomic E-state index is 5.69. The van der Waals surface area contributed by atoms with Crippen molar-refractivity contribution in [3.05, 3.63) is 29.8 Å². The summed E-state index contributed by atoms with van der Waals surface area (Å²) >= 11 is 3.45. The largest absolute Gasteiger partial charge is 0.481 e. The van der Waals surface area contributed by atoms with E-state index >= 15 is 0 Å². The van der Waals surface area contributed by atoms with Crippen LogP contribution in [-0.2, 0) is 9.47 Å². The summed E-state index contributed by atoms with van der Waals surface area (Å²) in [5.74, 6) is 3.19. The Labute approximate surface area is 109 Å². The van der Waals surface area contributed by atoms with E-state index < -0.39 is 0 Å². The van der Waals surface area contributed by atoms with Crippen LogP contribution in [0.3, 0.4) is 0 Å². The number of alkyl halides is 1. The fourth-order valence-corrected chi connectivity index (χ4v) is 2.32. The Hall–Kier alpha value is -1.02. The molecule has 0 radical (unpaired) electrons. The van der Waals surface area contributed by atoms with Gasteiger partial charge in [-0.2, -0.15) is 0 Å². The fourth-order valence-electron chi connectivity index (χ4n) is 1.70. The van der Waals surface area contributed by atoms with E-state index in [1.54, 1.807) is 0 Å². The van der Waals surface area contributed by atoms with E-state index in [0.29, 0.717) is 13.2 Å². The first-order valence-electron chi connectivity index (χ1n) is 5.35. The second-order valence-electron chi connectivity index (χ2n) is 3.54. The highest BCUT2D eigenvalue weighted by Crippen LogP contribution is 2.35. The highest BCUT2D eigenvalue weighted by Gasteiger charge is 2.28. The molecule has 2 atom stereocenters. The SMILES string of the molecule is C#CCOc1ccccc1[C@H]1OCCO[C@@H]1Br. The van der Waals surface area contributed by atoms with Gasteiger partial charge in [0.25, 0.3) is 0 Å². The summed E-state index contributed by atoms with van der Waals surface area (Å²) in [6.07, 6.45) is 5.02. The minimum atomic E-state index is -0.169. The van der Waals surface area contributed by atoms with Gasteiger partial charge in [0.15, 0.2) is 0 Å². The zero-order valence-corrected chi connectivity index (χ0v) is 10.9. The van der Waals surface area contributed by atoms with Crippen molar-refractivity contribution in [2.45, 2.75) is 11.1 Å². The van der Waals surface area contributed by atoms with Gasteiger partial charge in [0.1, 0.15) is 23.5 Å². The summed E-state index contributed by atoms with van der Waals surface area (Å²) in [4.78, 5) is 0. The molecule has 0 saturated carbocycles. The lowest BCUT2D eigenvalue weighted by atomic mass is 10.1. The van der Waals surface area contributed by atoms with Crippen molar-refractivity contribution < 1.29 is 14.2 Å². The Morgan fingerprint density at radius 3 is 2.88 bits per heavy atom. The zero-order chi connectivity index (χ0) is 12.1. The number of para-hydroxylation sites is 1. The van der Waals surface area contributed by atoms with E-state index in [9.17, 15) is 0 Å². The van der Waals surface area contributed by atoms with E-state index in [1.807, 2.05) is 24.3 Å². The van der Waals surface area contributed by atoms with Crippen LogP contribution in [0.15, 0.2) is 24.3 Å². The number of rotatable bonds is 3. The minimum Gasteiger partial charge on any atom is -0.481 e. The Balaban J connectivity index is 2.21. The highest BCUT2D eigenvalue weighted by atomic mass is 79.9. The summed E-state index contributed by atoms with van der Waals surface area (Å²) in [7, 11) is 0. The molecule has 0 amide bonds. The molecule has 90 valence electrons.